The highest BCUT2D eigenvalue weighted by molar-refractivity contribution is 6.02. The molecular weight excluding hydrogens is 506 g/mol. The van der Waals surface area contributed by atoms with Crippen molar-refractivity contribution in [2.45, 2.75) is 38.8 Å². The number of hydrogen-bond acceptors (Lipinski definition) is 6. The molecule has 204 valence electrons. The van der Waals surface area contributed by atoms with Crippen LogP contribution in [-0.2, 0) is 17.8 Å². The molecule has 0 saturated heterocycles. The van der Waals surface area contributed by atoms with Crippen LogP contribution in [0.5, 0.6) is 11.5 Å². The van der Waals surface area contributed by atoms with E-state index in [0.29, 0.717) is 29.6 Å². The molecule has 3 aromatic carbocycles. The van der Waals surface area contributed by atoms with Gasteiger partial charge in [-0.1, -0.05) is 35.9 Å². The minimum absolute atomic E-state index is 0.0639. The number of nitrogens with zero attached hydrogens (tertiary/aromatic N) is 2. The number of nitrogens with one attached hydrogen (secondary N) is 1. The molecule has 2 amide bonds. The van der Waals surface area contributed by atoms with E-state index in [1.807, 2.05) is 23.1 Å². The smallest absolute Gasteiger partial charge is 0.277 e. The second-order valence-electron chi connectivity index (χ2n) is 10.3. The summed E-state index contributed by atoms with van der Waals surface area (Å²) in [6.07, 6.45) is 4.08. The Morgan fingerprint density at radius 3 is 2.60 bits per heavy atom. The Kier molecular flexibility index (Phi) is 6.99. The summed E-state index contributed by atoms with van der Waals surface area (Å²) >= 11 is 0. The zero-order valence-corrected chi connectivity index (χ0v) is 22.6. The summed E-state index contributed by atoms with van der Waals surface area (Å²) in [6.45, 7) is 2.84. The van der Waals surface area contributed by atoms with Gasteiger partial charge in [-0.15, -0.1) is 0 Å². The van der Waals surface area contributed by atoms with Crippen molar-refractivity contribution in [3.8, 4) is 11.5 Å². The Labute approximate surface area is 232 Å². The Morgan fingerprint density at radius 2 is 1.85 bits per heavy atom. The molecule has 1 saturated carbocycles. The first-order valence-corrected chi connectivity index (χ1v) is 13.5. The number of ether oxygens (including phenoxy) is 2. The van der Waals surface area contributed by atoms with Crippen molar-refractivity contribution < 1.29 is 23.5 Å². The van der Waals surface area contributed by atoms with Gasteiger partial charge in [0.15, 0.2) is 12.3 Å². The maximum absolute atomic E-state index is 13.3. The lowest BCUT2D eigenvalue weighted by Gasteiger charge is -2.38. The average Bonchev–Trinajstić information content (AvgIpc) is 3.72. The van der Waals surface area contributed by atoms with Gasteiger partial charge in [0.1, 0.15) is 17.8 Å². The summed E-state index contributed by atoms with van der Waals surface area (Å²) in [4.78, 5) is 32.2. The number of benzene rings is 3. The Morgan fingerprint density at radius 1 is 1.05 bits per heavy atom. The summed E-state index contributed by atoms with van der Waals surface area (Å²) in [5, 5.41) is 2.79. The molecule has 8 nitrogen and oxygen atoms in total. The number of carbonyl (C=O) groups is 2. The minimum Gasteiger partial charge on any atom is -0.497 e. The third-order valence-electron chi connectivity index (χ3n) is 7.41. The third kappa shape index (κ3) is 5.43. The number of aryl methyl sites for hydroxylation is 1. The molecule has 0 bridgehead atoms. The van der Waals surface area contributed by atoms with Crippen molar-refractivity contribution >= 4 is 17.5 Å². The van der Waals surface area contributed by atoms with E-state index in [-0.39, 0.29) is 36.1 Å². The summed E-state index contributed by atoms with van der Waals surface area (Å²) in [5.41, 5.74) is 5.34. The van der Waals surface area contributed by atoms with Crippen molar-refractivity contribution in [3.63, 3.8) is 0 Å². The van der Waals surface area contributed by atoms with Crippen LogP contribution in [0.2, 0.25) is 0 Å². The fourth-order valence-electron chi connectivity index (χ4n) is 5.18. The lowest BCUT2D eigenvalue weighted by Crippen LogP contribution is -2.41. The van der Waals surface area contributed by atoms with E-state index in [2.05, 4.69) is 41.5 Å². The number of anilines is 1. The van der Waals surface area contributed by atoms with Crippen LogP contribution in [0.25, 0.3) is 0 Å². The van der Waals surface area contributed by atoms with Crippen molar-refractivity contribution in [1.29, 1.82) is 0 Å². The topological polar surface area (TPSA) is 93.9 Å². The Hall–Kier alpha value is -4.59. The summed E-state index contributed by atoms with van der Waals surface area (Å²) in [5.74, 6) is 1.65. The van der Waals surface area contributed by atoms with Gasteiger partial charge in [-0.05, 0) is 79.3 Å². The second-order valence-corrected chi connectivity index (χ2v) is 10.3. The van der Waals surface area contributed by atoms with Gasteiger partial charge >= 0.3 is 0 Å². The molecule has 0 spiro atoms. The average molecular weight is 538 g/mol. The SMILES string of the molecule is COc1ccc(NC(=O)c2coc(COc3ccc4c(c3)[C@H](c3cccc(C)c3)N(C(=O)C3CC3)CC4)n2)cc1. The molecule has 0 unspecified atom stereocenters. The van der Waals surface area contributed by atoms with E-state index in [0.717, 1.165) is 36.0 Å². The first kappa shape index (κ1) is 25.7. The monoisotopic (exact) mass is 537 g/mol. The second kappa shape index (κ2) is 10.9. The van der Waals surface area contributed by atoms with Crippen LogP contribution in [-0.4, -0.2) is 35.4 Å². The fraction of sp³-hybridized carbons (Fsp3) is 0.281. The summed E-state index contributed by atoms with van der Waals surface area (Å²) < 4.78 is 16.7. The molecular formula is C32H31N3O5. The van der Waals surface area contributed by atoms with Crippen LogP contribution < -0.4 is 14.8 Å². The first-order chi connectivity index (χ1) is 19.5. The van der Waals surface area contributed by atoms with Gasteiger partial charge < -0.3 is 24.1 Å². The zero-order valence-electron chi connectivity index (χ0n) is 22.6. The van der Waals surface area contributed by atoms with E-state index in [1.165, 1.54) is 11.8 Å². The molecule has 0 radical (unpaired) electrons. The number of methoxy groups -OCH3 is 1. The van der Waals surface area contributed by atoms with Gasteiger partial charge in [0, 0.05) is 18.2 Å². The predicted molar refractivity (Wildman–Crippen MR) is 149 cm³/mol. The maximum Gasteiger partial charge on any atom is 0.277 e. The standard InChI is InChI=1S/C32H31N3O5/c1-20-4-3-5-23(16-20)30-27-17-26(11-8-21(27)14-15-35(30)32(37)22-6-7-22)39-19-29-34-28(18-40-29)31(36)33-24-9-12-25(38-2)13-10-24/h3-5,8-13,16-18,22,30H,6-7,14-15,19H2,1-2H3,(H,33,36)/t30-/m0/s1. The fourth-order valence-corrected chi connectivity index (χ4v) is 5.18. The van der Waals surface area contributed by atoms with Crippen molar-refractivity contribution in [2.24, 2.45) is 5.92 Å². The van der Waals surface area contributed by atoms with Crippen LogP contribution >= 0.6 is 0 Å². The van der Waals surface area contributed by atoms with Crippen LogP contribution in [0.15, 0.2) is 77.4 Å². The van der Waals surface area contributed by atoms with Crippen molar-refractivity contribution in [2.75, 3.05) is 19.0 Å². The highest BCUT2D eigenvalue weighted by atomic mass is 16.5. The van der Waals surface area contributed by atoms with Crippen molar-refractivity contribution in [1.82, 2.24) is 9.88 Å². The van der Waals surface area contributed by atoms with E-state index in [9.17, 15) is 9.59 Å². The van der Waals surface area contributed by atoms with Crippen molar-refractivity contribution in [3.05, 3.63) is 107 Å². The van der Waals surface area contributed by atoms with Gasteiger partial charge in [-0.2, -0.15) is 0 Å². The minimum atomic E-state index is -0.379. The van der Waals surface area contributed by atoms with Crippen LogP contribution in [0, 0.1) is 12.8 Å². The number of aromatic nitrogens is 1. The van der Waals surface area contributed by atoms with E-state index in [1.54, 1.807) is 31.4 Å². The van der Waals surface area contributed by atoms with Gasteiger partial charge in [0.2, 0.25) is 11.8 Å². The maximum atomic E-state index is 13.3. The number of hydrogen-bond donors (Lipinski definition) is 1. The number of amides is 2. The quantitative estimate of drug-likeness (QED) is 0.310. The third-order valence-corrected chi connectivity index (χ3v) is 7.41. The van der Waals surface area contributed by atoms with E-state index < -0.39 is 0 Å². The first-order valence-electron chi connectivity index (χ1n) is 13.5. The molecule has 6 rings (SSSR count). The Bertz CT molecular complexity index is 1540. The van der Waals surface area contributed by atoms with Crippen LogP contribution in [0.4, 0.5) is 5.69 Å². The van der Waals surface area contributed by atoms with Gasteiger partial charge in [-0.25, -0.2) is 4.98 Å². The highest BCUT2D eigenvalue weighted by Gasteiger charge is 2.39. The summed E-state index contributed by atoms with van der Waals surface area (Å²) in [6, 6.07) is 21.3. The van der Waals surface area contributed by atoms with Gasteiger partial charge in [0.05, 0.1) is 13.2 Å². The normalized spacial score (nSPS) is 16.2. The van der Waals surface area contributed by atoms with Gasteiger partial charge in [0.25, 0.3) is 5.91 Å². The molecule has 1 aromatic heterocycles. The zero-order chi connectivity index (χ0) is 27.6. The molecule has 2 aliphatic rings. The number of fused-ring (bicyclic) bond motifs is 1. The predicted octanol–water partition coefficient (Wildman–Crippen LogP) is 5.71. The summed E-state index contributed by atoms with van der Waals surface area (Å²) in [7, 11) is 1.59. The number of oxazole rings is 1. The molecule has 40 heavy (non-hydrogen) atoms. The molecule has 1 aliphatic carbocycles. The van der Waals surface area contributed by atoms with Crippen LogP contribution in [0.3, 0.4) is 0 Å². The Balaban J connectivity index is 1.18. The molecule has 1 atom stereocenters. The van der Waals surface area contributed by atoms with E-state index >= 15 is 0 Å². The van der Waals surface area contributed by atoms with Gasteiger partial charge in [-0.3, -0.25) is 9.59 Å². The molecule has 4 aromatic rings. The van der Waals surface area contributed by atoms with E-state index in [4.69, 9.17) is 13.9 Å². The lowest BCUT2D eigenvalue weighted by molar-refractivity contribution is -0.134. The largest absolute Gasteiger partial charge is 0.497 e. The highest BCUT2D eigenvalue weighted by Crippen LogP contribution is 2.41. The molecule has 2 heterocycles. The number of rotatable bonds is 8. The molecule has 1 aliphatic heterocycles. The molecule has 1 fully saturated rings. The number of carbonyl (C=O) groups excluding carboxylic acids is 2. The molecule has 1 N–H and O–H groups in total. The van der Waals surface area contributed by atoms with Crippen LogP contribution in [0.1, 0.15) is 57.5 Å². The lowest BCUT2D eigenvalue weighted by atomic mass is 9.87. The molecule has 8 heteroatoms.